The highest BCUT2D eigenvalue weighted by molar-refractivity contribution is 5.99. The van der Waals surface area contributed by atoms with E-state index in [9.17, 15) is 13.6 Å². The molecule has 0 spiro atoms. The summed E-state index contributed by atoms with van der Waals surface area (Å²) in [6.07, 6.45) is 2.14. The van der Waals surface area contributed by atoms with Crippen molar-refractivity contribution in [3.8, 4) is 16.9 Å². The van der Waals surface area contributed by atoms with Crippen molar-refractivity contribution in [3.63, 3.8) is 0 Å². The Hall–Kier alpha value is -3.09. The van der Waals surface area contributed by atoms with Crippen molar-refractivity contribution >= 4 is 5.91 Å². The SMILES string of the molecule is Cc1c(-c2ccc3c(c2)CN(C2CC2)C3=O)nnn1-c1cccc(F)c1F. The van der Waals surface area contributed by atoms with Crippen molar-refractivity contribution < 1.29 is 13.6 Å². The maximum Gasteiger partial charge on any atom is 0.254 e. The van der Waals surface area contributed by atoms with Crippen molar-refractivity contribution in [2.75, 3.05) is 0 Å². The third kappa shape index (κ3) is 2.45. The van der Waals surface area contributed by atoms with Gasteiger partial charge in [-0.3, -0.25) is 4.79 Å². The minimum Gasteiger partial charge on any atom is -0.331 e. The number of hydrogen-bond acceptors (Lipinski definition) is 3. The fourth-order valence-corrected chi connectivity index (χ4v) is 3.65. The maximum absolute atomic E-state index is 14.1. The zero-order valence-corrected chi connectivity index (χ0v) is 14.6. The van der Waals surface area contributed by atoms with E-state index in [1.165, 1.54) is 16.8 Å². The Morgan fingerprint density at radius 3 is 2.74 bits per heavy atom. The van der Waals surface area contributed by atoms with Crippen LogP contribution in [0.4, 0.5) is 8.78 Å². The van der Waals surface area contributed by atoms with E-state index in [1.807, 2.05) is 23.1 Å². The molecule has 136 valence electrons. The number of carbonyl (C=O) groups is 1. The molecule has 1 amide bonds. The van der Waals surface area contributed by atoms with E-state index in [0.29, 0.717) is 24.0 Å². The molecule has 1 aliphatic carbocycles. The number of benzene rings is 2. The Labute approximate surface area is 154 Å². The van der Waals surface area contributed by atoms with Gasteiger partial charge in [-0.15, -0.1) is 5.10 Å². The summed E-state index contributed by atoms with van der Waals surface area (Å²) in [7, 11) is 0. The molecule has 0 unspecified atom stereocenters. The smallest absolute Gasteiger partial charge is 0.254 e. The van der Waals surface area contributed by atoms with Crippen molar-refractivity contribution in [1.29, 1.82) is 0 Å². The molecule has 27 heavy (non-hydrogen) atoms. The van der Waals surface area contributed by atoms with Crippen molar-refractivity contribution in [2.45, 2.75) is 32.4 Å². The lowest BCUT2D eigenvalue weighted by Gasteiger charge is -2.13. The molecule has 5 rings (SSSR count). The molecule has 1 saturated carbocycles. The van der Waals surface area contributed by atoms with Crippen LogP contribution in [0.15, 0.2) is 36.4 Å². The molecule has 0 radical (unpaired) electrons. The fourth-order valence-electron chi connectivity index (χ4n) is 3.65. The summed E-state index contributed by atoms with van der Waals surface area (Å²) in [6, 6.07) is 9.91. The van der Waals surface area contributed by atoms with Crippen LogP contribution in [0.1, 0.15) is 34.5 Å². The summed E-state index contributed by atoms with van der Waals surface area (Å²) >= 11 is 0. The van der Waals surface area contributed by atoms with E-state index in [0.717, 1.165) is 35.6 Å². The first-order valence-corrected chi connectivity index (χ1v) is 8.85. The number of carbonyl (C=O) groups excluding carboxylic acids is 1. The molecule has 3 aromatic rings. The van der Waals surface area contributed by atoms with Gasteiger partial charge in [-0.05, 0) is 49.6 Å². The molecule has 1 aliphatic heterocycles. The van der Waals surface area contributed by atoms with Crippen LogP contribution >= 0.6 is 0 Å². The zero-order valence-electron chi connectivity index (χ0n) is 14.6. The predicted octanol–water partition coefficient (Wildman–Crippen LogP) is 3.64. The summed E-state index contributed by atoms with van der Waals surface area (Å²) in [5, 5.41) is 8.18. The number of amides is 1. The number of halogens is 2. The van der Waals surface area contributed by atoms with Gasteiger partial charge in [-0.25, -0.2) is 13.5 Å². The molecule has 2 heterocycles. The number of nitrogens with zero attached hydrogens (tertiary/aromatic N) is 4. The first-order chi connectivity index (χ1) is 13.0. The molecule has 0 bridgehead atoms. The standard InChI is InChI=1S/C20H16F2N4O/c1-11-19(23-24-26(11)17-4-2-3-16(21)18(17)22)12-5-8-15-13(9-12)10-25(20(15)27)14-6-7-14/h2-5,8-9,14H,6-7,10H2,1H3. The van der Waals surface area contributed by atoms with Crippen LogP contribution in [0.25, 0.3) is 16.9 Å². The third-order valence-corrected chi connectivity index (χ3v) is 5.25. The number of hydrogen-bond donors (Lipinski definition) is 0. The summed E-state index contributed by atoms with van der Waals surface area (Å²) < 4.78 is 29.0. The molecule has 0 saturated heterocycles. The molecule has 2 aliphatic rings. The molecule has 5 nitrogen and oxygen atoms in total. The largest absolute Gasteiger partial charge is 0.331 e. The summed E-state index contributed by atoms with van der Waals surface area (Å²) in [5.41, 5.74) is 3.70. The van der Waals surface area contributed by atoms with E-state index in [2.05, 4.69) is 10.3 Å². The Bertz CT molecular complexity index is 1090. The Kier molecular flexibility index (Phi) is 3.40. The highest BCUT2D eigenvalue weighted by atomic mass is 19.2. The third-order valence-electron chi connectivity index (χ3n) is 5.25. The second kappa shape index (κ2) is 5.70. The molecular formula is C20H16F2N4O. The van der Waals surface area contributed by atoms with E-state index >= 15 is 0 Å². The Morgan fingerprint density at radius 2 is 1.96 bits per heavy atom. The lowest BCUT2D eigenvalue weighted by molar-refractivity contribution is 0.0766. The molecule has 2 aromatic carbocycles. The van der Waals surface area contributed by atoms with Gasteiger partial charge in [0.2, 0.25) is 0 Å². The van der Waals surface area contributed by atoms with Crippen LogP contribution in [-0.2, 0) is 6.54 Å². The summed E-state index contributed by atoms with van der Waals surface area (Å²) in [5.74, 6) is -1.81. The quantitative estimate of drug-likeness (QED) is 0.711. The first kappa shape index (κ1) is 16.1. The van der Waals surface area contributed by atoms with Crippen molar-refractivity contribution in [3.05, 3.63) is 64.9 Å². The van der Waals surface area contributed by atoms with Gasteiger partial charge in [0.05, 0.1) is 5.69 Å². The second-order valence-electron chi connectivity index (χ2n) is 7.04. The molecule has 1 fully saturated rings. The topological polar surface area (TPSA) is 51.0 Å². The van der Waals surface area contributed by atoms with Gasteiger partial charge in [0, 0.05) is 23.7 Å². The van der Waals surface area contributed by atoms with Gasteiger partial charge < -0.3 is 4.90 Å². The van der Waals surface area contributed by atoms with Crippen LogP contribution < -0.4 is 0 Å². The molecule has 7 heteroatoms. The fraction of sp³-hybridized carbons (Fsp3) is 0.250. The van der Waals surface area contributed by atoms with Crippen LogP contribution in [0.3, 0.4) is 0 Å². The van der Waals surface area contributed by atoms with Crippen LogP contribution in [0.2, 0.25) is 0 Å². The number of aromatic nitrogens is 3. The summed E-state index contributed by atoms with van der Waals surface area (Å²) in [6.45, 7) is 2.37. The highest BCUT2D eigenvalue weighted by Crippen LogP contribution is 2.36. The average Bonchev–Trinajstić information content (AvgIpc) is 3.36. The van der Waals surface area contributed by atoms with Crippen LogP contribution in [-0.4, -0.2) is 31.8 Å². The minimum absolute atomic E-state index is 0.0162. The van der Waals surface area contributed by atoms with E-state index in [1.54, 1.807) is 6.92 Å². The highest BCUT2D eigenvalue weighted by Gasteiger charge is 2.38. The van der Waals surface area contributed by atoms with Gasteiger partial charge in [-0.2, -0.15) is 0 Å². The van der Waals surface area contributed by atoms with Gasteiger partial charge in [0.15, 0.2) is 11.6 Å². The predicted molar refractivity (Wildman–Crippen MR) is 94.3 cm³/mol. The van der Waals surface area contributed by atoms with Crippen molar-refractivity contribution in [2.24, 2.45) is 0 Å². The second-order valence-corrected chi connectivity index (χ2v) is 7.04. The molecular weight excluding hydrogens is 350 g/mol. The first-order valence-electron chi connectivity index (χ1n) is 8.85. The molecule has 1 aromatic heterocycles. The van der Waals surface area contributed by atoms with Gasteiger partial charge in [-0.1, -0.05) is 17.3 Å². The maximum atomic E-state index is 14.1. The van der Waals surface area contributed by atoms with E-state index in [4.69, 9.17) is 0 Å². The van der Waals surface area contributed by atoms with E-state index < -0.39 is 11.6 Å². The Morgan fingerprint density at radius 1 is 1.15 bits per heavy atom. The molecule has 0 atom stereocenters. The lowest BCUT2D eigenvalue weighted by Crippen LogP contribution is -2.25. The van der Waals surface area contributed by atoms with Gasteiger partial charge in [0.25, 0.3) is 5.91 Å². The van der Waals surface area contributed by atoms with E-state index in [-0.39, 0.29) is 11.6 Å². The van der Waals surface area contributed by atoms with Crippen molar-refractivity contribution in [1.82, 2.24) is 19.9 Å². The van der Waals surface area contributed by atoms with Crippen LogP contribution in [0.5, 0.6) is 0 Å². The summed E-state index contributed by atoms with van der Waals surface area (Å²) in [4.78, 5) is 14.4. The number of rotatable bonds is 3. The lowest BCUT2D eigenvalue weighted by atomic mass is 10.0. The minimum atomic E-state index is -0.961. The average molecular weight is 366 g/mol. The van der Waals surface area contributed by atoms with Crippen LogP contribution in [0, 0.1) is 18.6 Å². The molecule has 0 N–H and O–H groups in total. The normalized spacial score (nSPS) is 16.1. The number of fused-ring (bicyclic) bond motifs is 1. The Balaban J connectivity index is 1.54. The van der Waals surface area contributed by atoms with Gasteiger partial charge in [0.1, 0.15) is 11.4 Å². The zero-order chi connectivity index (χ0) is 18.7. The monoisotopic (exact) mass is 366 g/mol. The van der Waals surface area contributed by atoms with Gasteiger partial charge >= 0.3 is 0 Å².